The fourth-order valence-electron chi connectivity index (χ4n) is 3.69. The number of halogens is 1. The first-order chi connectivity index (χ1) is 18.4. The van der Waals surface area contributed by atoms with E-state index in [2.05, 4.69) is 20.9 Å². The number of hydrogen-bond acceptors (Lipinski definition) is 7. The van der Waals surface area contributed by atoms with E-state index in [-0.39, 0.29) is 12.5 Å². The van der Waals surface area contributed by atoms with Gasteiger partial charge in [0.05, 0.1) is 25.8 Å². The summed E-state index contributed by atoms with van der Waals surface area (Å²) in [5, 5.41) is 10.4. The Balaban J connectivity index is 1.49. The molecule has 0 saturated carbocycles. The first-order valence-electron chi connectivity index (χ1n) is 11.9. The summed E-state index contributed by atoms with van der Waals surface area (Å²) in [4.78, 5) is 12.4. The van der Waals surface area contributed by atoms with Gasteiger partial charge in [-0.2, -0.15) is 5.10 Å². The minimum absolute atomic E-state index is 0.200. The molecule has 0 saturated heterocycles. The number of aryl methyl sites for hydroxylation is 1. The van der Waals surface area contributed by atoms with Crippen LogP contribution in [-0.2, 0) is 11.3 Å². The number of aromatic amines is 1. The second-order valence-corrected chi connectivity index (χ2v) is 9.04. The molecule has 38 heavy (non-hydrogen) atoms. The summed E-state index contributed by atoms with van der Waals surface area (Å²) < 4.78 is 19.0. The number of nitrogens with zero attached hydrogens (tertiary/aromatic N) is 2. The Morgan fingerprint density at radius 3 is 2.55 bits per heavy atom. The quantitative estimate of drug-likeness (QED) is 0.204. The van der Waals surface area contributed by atoms with E-state index < -0.39 is 0 Å². The van der Waals surface area contributed by atoms with Gasteiger partial charge in [-0.1, -0.05) is 41.4 Å². The van der Waals surface area contributed by atoms with Gasteiger partial charge in [0.2, 0.25) is 4.77 Å². The van der Waals surface area contributed by atoms with Crippen molar-refractivity contribution in [2.24, 2.45) is 0 Å². The predicted octanol–water partition coefficient (Wildman–Crippen LogP) is 5.74. The summed E-state index contributed by atoms with van der Waals surface area (Å²) in [6.45, 7) is 4.36. The van der Waals surface area contributed by atoms with Crippen molar-refractivity contribution in [1.82, 2.24) is 14.9 Å². The molecule has 4 aromatic rings. The highest BCUT2D eigenvalue weighted by Crippen LogP contribution is 2.34. The highest BCUT2D eigenvalue weighted by Gasteiger charge is 2.16. The highest BCUT2D eigenvalue weighted by atomic mass is 35.5. The van der Waals surface area contributed by atoms with Gasteiger partial charge in [-0.15, -0.1) is 0 Å². The maximum absolute atomic E-state index is 12.4. The number of carbonyl (C=O) groups excluding carboxylic acids is 1. The predicted molar refractivity (Wildman–Crippen MR) is 150 cm³/mol. The van der Waals surface area contributed by atoms with Crippen LogP contribution in [0, 0.1) is 11.7 Å². The Kier molecular flexibility index (Phi) is 8.88. The van der Waals surface area contributed by atoms with Crippen LogP contribution in [0.25, 0.3) is 11.4 Å². The van der Waals surface area contributed by atoms with E-state index in [0.29, 0.717) is 51.7 Å². The third-order valence-corrected chi connectivity index (χ3v) is 6.18. The minimum atomic E-state index is -0.295. The Hall–Kier alpha value is -4.02. The second-order valence-electron chi connectivity index (χ2n) is 8.25. The number of aromatic nitrogens is 3. The van der Waals surface area contributed by atoms with Gasteiger partial charge in [0.1, 0.15) is 5.75 Å². The van der Waals surface area contributed by atoms with Crippen LogP contribution in [0.5, 0.6) is 17.2 Å². The third kappa shape index (κ3) is 6.45. The number of ether oxygens (including phenoxy) is 3. The summed E-state index contributed by atoms with van der Waals surface area (Å²) in [6.07, 6.45) is 0. The molecule has 3 N–H and O–H groups in total. The number of amides is 1. The van der Waals surface area contributed by atoms with E-state index in [9.17, 15) is 4.79 Å². The van der Waals surface area contributed by atoms with Crippen LogP contribution in [0.1, 0.15) is 18.1 Å². The number of methoxy groups -OCH3 is 1. The molecule has 9 nitrogen and oxygen atoms in total. The zero-order valence-corrected chi connectivity index (χ0v) is 22.8. The third-order valence-electron chi connectivity index (χ3n) is 5.55. The van der Waals surface area contributed by atoms with E-state index in [4.69, 9.17) is 38.0 Å². The average Bonchev–Trinajstić information content (AvgIpc) is 3.29. The van der Waals surface area contributed by atoms with Crippen LogP contribution in [0.3, 0.4) is 0 Å². The Morgan fingerprint density at radius 1 is 1.08 bits per heavy atom. The van der Waals surface area contributed by atoms with Crippen molar-refractivity contribution < 1.29 is 19.0 Å². The number of para-hydroxylation sites is 1. The molecular weight excluding hydrogens is 526 g/mol. The fourth-order valence-corrected chi connectivity index (χ4v) is 4.11. The van der Waals surface area contributed by atoms with Gasteiger partial charge in [0.15, 0.2) is 23.9 Å². The molecule has 0 aliphatic carbocycles. The summed E-state index contributed by atoms with van der Waals surface area (Å²) in [5.74, 6) is 1.77. The summed E-state index contributed by atoms with van der Waals surface area (Å²) in [5.41, 5.74) is 6.56. The number of carbonyl (C=O) groups is 1. The van der Waals surface area contributed by atoms with Gasteiger partial charge in [-0.05, 0) is 62.0 Å². The molecule has 0 atom stereocenters. The molecule has 0 aliphatic rings. The number of rotatable bonds is 11. The number of nitrogens with one attached hydrogen (secondary N) is 3. The van der Waals surface area contributed by atoms with Crippen LogP contribution in [0.2, 0.25) is 5.02 Å². The zero-order chi connectivity index (χ0) is 27.1. The summed E-state index contributed by atoms with van der Waals surface area (Å²) in [7, 11) is 1.60. The monoisotopic (exact) mass is 553 g/mol. The maximum atomic E-state index is 12.4. The van der Waals surface area contributed by atoms with Gasteiger partial charge in [0, 0.05) is 16.8 Å². The lowest BCUT2D eigenvalue weighted by atomic mass is 10.2. The maximum Gasteiger partial charge on any atom is 0.262 e. The largest absolute Gasteiger partial charge is 0.496 e. The van der Waals surface area contributed by atoms with Crippen LogP contribution < -0.4 is 25.0 Å². The lowest BCUT2D eigenvalue weighted by Crippen LogP contribution is -2.20. The first-order valence-corrected chi connectivity index (χ1v) is 12.7. The van der Waals surface area contributed by atoms with E-state index in [1.165, 1.54) is 0 Å². The Morgan fingerprint density at radius 2 is 1.82 bits per heavy atom. The molecule has 0 fully saturated rings. The molecule has 0 aliphatic heterocycles. The van der Waals surface area contributed by atoms with E-state index in [0.717, 1.165) is 16.7 Å². The highest BCUT2D eigenvalue weighted by molar-refractivity contribution is 7.71. The molecule has 1 heterocycles. The number of H-pyrrole nitrogens is 1. The zero-order valence-electron chi connectivity index (χ0n) is 21.2. The van der Waals surface area contributed by atoms with Crippen LogP contribution in [-0.4, -0.2) is 41.1 Å². The van der Waals surface area contributed by atoms with Crippen LogP contribution >= 0.6 is 23.8 Å². The van der Waals surface area contributed by atoms with Gasteiger partial charge >= 0.3 is 0 Å². The molecule has 198 valence electrons. The molecule has 0 spiro atoms. The molecular formula is C27H28ClN5O4S. The van der Waals surface area contributed by atoms with Crippen LogP contribution in [0.15, 0.2) is 60.7 Å². The summed E-state index contributed by atoms with van der Waals surface area (Å²) in [6, 6.07) is 18.4. The lowest BCUT2D eigenvalue weighted by Gasteiger charge is -2.16. The number of anilines is 1. The molecule has 1 aromatic heterocycles. The smallest absolute Gasteiger partial charge is 0.262 e. The SMILES string of the molecule is CCOc1cc(CNn2c(-c3ccccc3OC)n[nH]c2=S)c(Cl)cc1OCC(=O)Nc1ccc(C)cc1. The van der Waals surface area contributed by atoms with E-state index in [1.807, 2.05) is 62.4 Å². The number of benzene rings is 3. The van der Waals surface area contributed by atoms with Crippen molar-refractivity contribution in [1.29, 1.82) is 0 Å². The van der Waals surface area contributed by atoms with Gasteiger partial charge in [-0.25, -0.2) is 9.77 Å². The topological polar surface area (TPSA) is 102 Å². The first kappa shape index (κ1) is 27.0. The molecule has 4 rings (SSSR count). The van der Waals surface area contributed by atoms with Crippen molar-refractivity contribution in [3.05, 3.63) is 81.6 Å². The van der Waals surface area contributed by atoms with Crippen molar-refractivity contribution in [2.75, 3.05) is 31.1 Å². The van der Waals surface area contributed by atoms with Gasteiger partial charge in [-0.3, -0.25) is 4.79 Å². The lowest BCUT2D eigenvalue weighted by molar-refractivity contribution is -0.118. The van der Waals surface area contributed by atoms with Gasteiger partial charge in [0.25, 0.3) is 5.91 Å². The fraction of sp³-hybridized carbons (Fsp3) is 0.222. The van der Waals surface area contributed by atoms with Crippen molar-refractivity contribution in [3.63, 3.8) is 0 Å². The average molecular weight is 554 g/mol. The molecule has 0 unspecified atom stereocenters. The molecule has 0 bridgehead atoms. The standard InChI is InChI=1S/C27H28ClN5O4S/c1-4-36-23-13-18(15-29-33-26(31-32-27(33)38)20-7-5-6-8-22(20)35-3)21(28)14-24(23)37-16-25(34)30-19-11-9-17(2)10-12-19/h5-14,29H,4,15-16H2,1-3H3,(H,30,34)(H,32,38). The van der Waals surface area contributed by atoms with Crippen LogP contribution in [0.4, 0.5) is 5.69 Å². The van der Waals surface area contributed by atoms with E-state index >= 15 is 0 Å². The Bertz CT molecular complexity index is 1470. The molecule has 11 heteroatoms. The molecule has 0 radical (unpaired) electrons. The second kappa shape index (κ2) is 12.5. The Labute approximate surface area is 230 Å². The summed E-state index contributed by atoms with van der Waals surface area (Å²) >= 11 is 12.0. The van der Waals surface area contributed by atoms with Gasteiger partial charge < -0.3 is 25.0 Å². The van der Waals surface area contributed by atoms with Crippen molar-refractivity contribution >= 4 is 35.4 Å². The molecule has 1 amide bonds. The normalized spacial score (nSPS) is 10.6. The van der Waals surface area contributed by atoms with Crippen molar-refractivity contribution in [2.45, 2.75) is 20.4 Å². The molecule has 3 aromatic carbocycles. The van der Waals surface area contributed by atoms with Crippen molar-refractivity contribution in [3.8, 4) is 28.6 Å². The van der Waals surface area contributed by atoms with E-state index in [1.54, 1.807) is 23.9 Å². The number of hydrogen-bond donors (Lipinski definition) is 3. The minimum Gasteiger partial charge on any atom is -0.496 e.